The Morgan fingerprint density at radius 1 is 0.918 bits per heavy atom. The van der Waals surface area contributed by atoms with Crippen molar-refractivity contribution in [3.8, 4) is 5.75 Å². The second kappa shape index (κ2) is 16.5. The van der Waals surface area contributed by atoms with Crippen molar-refractivity contribution in [1.82, 2.24) is 15.0 Å². The number of hydrogen-bond acceptors (Lipinski definition) is 7. The molecule has 3 aliphatic heterocycles. The molecule has 61 heavy (non-hydrogen) atoms. The van der Waals surface area contributed by atoms with E-state index in [1.165, 1.54) is 5.19 Å². The standard InChI is InChI=1S/C49H50BrN5O5Si/c1-32-47(61(3,4)39-21-19-38(59-2)20-22-39)45(25-26-53-30-42(51-52-53)40(31-56)34-12-6-5-7-13-34)60-49(32)41-28-36(50)18-23-44(41)54(48(49)58)29-33-11-10-15-37(27-33)55-43-16-9-8-14-35(43)17-24-46(55)57/h5-16,18-23,27-28,30,32,40,45,47,56H,17,24-26,29,31H2,1-4H3/t32-,40?,45+,47-,49+/m0/s1. The molecule has 1 saturated heterocycles. The number of rotatable bonds is 12. The van der Waals surface area contributed by atoms with Crippen molar-refractivity contribution in [3.63, 3.8) is 0 Å². The lowest BCUT2D eigenvalue weighted by molar-refractivity contribution is -0.146. The Kier molecular flexibility index (Phi) is 11.1. The van der Waals surface area contributed by atoms with E-state index in [1.807, 2.05) is 118 Å². The summed E-state index contributed by atoms with van der Waals surface area (Å²) >= 11 is 3.75. The summed E-state index contributed by atoms with van der Waals surface area (Å²) in [6, 6.07) is 40.4. The van der Waals surface area contributed by atoms with Crippen molar-refractivity contribution in [2.24, 2.45) is 5.92 Å². The molecule has 312 valence electrons. The number of nitrogens with zero attached hydrogens (tertiary/aromatic N) is 5. The Labute approximate surface area is 366 Å². The number of aryl methyl sites for hydroxylation is 2. The molecule has 1 spiro atoms. The number of para-hydroxylation sites is 1. The van der Waals surface area contributed by atoms with Crippen LogP contribution in [0.2, 0.25) is 18.6 Å². The molecule has 0 saturated carbocycles. The highest BCUT2D eigenvalue weighted by molar-refractivity contribution is 9.10. The summed E-state index contributed by atoms with van der Waals surface area (Å²) in [4.78, 5) is 32.6. The van der Waals surface area contributed by atoms with Gasteiger partial charge in [0.05, 0.1) is 57.4 Å². The van der Waals surface area contributed by atoms with E-state index in [-0.39, 0.29) is 41.9 Å². The fourth-order valence-electron chi connectivity index (χ4n) is 10.3. The maximum absolute atomic E-state index is 15.5. The van der Waals surface area contributed by atoms with E-state index in [9.17, 15) is 9.90 Å². The summed E-state index contributed by atoms with van der Waals surface area (Å²) in [6.45, 7) is 7.72. The molecule has 2 amide bonds. The van der Waals surface area contributed by atoms with E-state index in [2.05, 4.69) is 70.5 Å². The lowest BCUT2D eigenvalue weighted by Crippen LogP contribution is -2.51. The van der Waals surface area contributed by atoms with Crippen LogP contribution < -0.4 is 19.7 Å². The number of methoxy groups -OCH3 is 1. The molecular weight excluding hydrogens is 847 g/mol. The van der Waals surface area contributed by atoms with Gasteiger partial charge in [-0.2, -0.15) is 0 Å². The molecule has 5 atom stereocenters. The van der Waals surface area contributed by atoms with Crippen LogP contribution in [0.3, 0.4) is 0 Å². The minimum Gasteiger partial charge on any atom is -0.497 e. The number of halogens is 1. The molecule has 9 rings (SSSR count). The van der Waals surface area contributed by atoms with Gasteiger partial charge >= 0.3 is 0 Å². The molecule has 10 nitrogen and oxygen atoms in total. The van der Waals surface area contributed by atoms with Gasteiger partial charge in [-0.15, -0.1) is 5.10 Å². The number of fused-ring (bicyclic) bond motifs is 3. The average molecular weight is 897 g/mol. The van der Waals surface area contributed by atoms with Crippen LogP contribution in [0.1, 0.15) is 53.6 Å². The van der Waals surface area contributed by atoms with E-state index >= 15 is 4.79 Å². The maximum atomic E-state index is 15.5. The number of benzene rings is 5. The molecule has 1 fully saturated rings. The van der Waals surface area contributed by atoms with Gasteiger partial charge in [0.1, 0.15) is 5.75 Å². The van der Waals surface area contributed by atoms with Crippen molar-refractivity contribution in [1.29, 1.82) is 0 Å². The Balaban J connectivity index is 1.06. The van der Waals surface area contributed by atoms with Crippen LogP contribution in [0.25, 0.3) is 0 Å². The summed E-state index contributed by atoms with van der Waals surface area (Å²) in [7, 11) is -0.726. The lowest BCUT2D eigenvalue weighted by Gasteiger charge is -2.37. The van der Waals surface area contributed by atoms with Gasteiger partial charge in [-0.05, 0) is 83.6 Å². The van der Waals surface area contributed by atoms with Gasteiger partial charge in [0, 0.05) is 40.8 Å². The number of carbonyl (C=O) groups excluding carboxylic acids is 2. The Bertz CT molecular complexity index is 2580. The summed E-state index contributed by atoms with van der Waals surface area (Å²) in [5, 5.41) is 20.6. The minimum atomic E-state index is -2.40. The number of carbonyl (C=O) groups is 2. The number of ether oxygens (including phenoxy) is 2. The lowest BCUT2D eigenvalue weighted by atomic mass is 9.82. The van der Waals surface area contributed by atoms with Crippen LogP contribution in [-0.4, -0.2) is 59.8 Å². The largest absolute Gasteiger partial charge is 0.497 e. The van der Waals surface area contributed by atoms with Crippen molar-refractivity contribution < 1.29 is 24.2 Å². The number of aliphatic hydroxyl groups is 1. The van der Waals surface area contributed by atoms with Gasteiger partial charge in [0.25, 0.3) is 5.91 Å². The molecule has 1 unspecified atom stereocenters. The first-order chi connectivity index (χ1) is 29.5. The minimum absolute atomic E-state index is 0.0302. The van der Waals surface area contributed by atoms with Crippen LogP contribution in [0.5, 0.6) is 5.75 Å². The quantitative estimate of drug-likeness (QED) is 0.123. The Morgan fingerprint density at radius 3 is 2.46 bits per heavy atom. The predicted molar refractivity (Wildman–Crippen MR) is 243 cm³/mol. The van der Waals surface area contributed by atoms with E-state index in [1.54, 1.807) is 7.11 Å². The van der Waals surface area contributed by atoms with Gasteiger partial charge in [0.2, 0.25) is 5.91 Å². The molecular formula is C49H50BrN5O5Si. The van der Waals surface area contributed by atoms with Crippen molar-refractivity contribution >= 4 is 58.1 Å². The summed E-state index contributed by atoms with van der Waals surface area (Å²) in [6.07, 6.45) is 3.39. The molecule has 1 N–H and O–H groups in total. The van der Waals surface area contributed by atoms with Crippen molar-refractivity contribution in [2.75, 3.05) is 23.5 Å². The molecule has 0 radical (unpaired) electrons. The van der Waals surface area contributed by atoms with Crippen molar-refractivity contribution in [2.45, 2.75) is 75.5 Å². The first-order valence-electron chi connectivity index (χ1n) is 21.0. The molecule has 1 aromatic heterocycles. The van der Waals surface area contributed by atoms with Gasteiger partial charge in [-0.25, -0.2) is 0 Å². The number of hydrogen-bond donors (Lipinski definition) is 1. The third kappa shape index (κ3) is 7.22. The van der Waals surface area contributed by atoms with Gasteiger partial charge < -0.3 is 19.5 Å². The fourth-order valence-corrected chi connectivity index (χ4v) is 14.7. The zero-order chi connectivity index (χ0) is 42.5. The Morgan fingerprint density at radius 2 is 1.69 bits per heavy atom. The van der Waals surface area contributed by atoms with Crippen LogP contribution in [0.15, 0.2) is 132 Å². The normalized spacial score (nSPS) is 21.5. The third-order valence-electron chi connectivity index (χ3n) is 13.3. The molecule has 4 heterocycles. The Hall–Kier alpha value is -5.40. The molecule has 3 aliphatic rings. The zero-order valence-electron chi connectivity index (χ0n) is 34.9. The molecule has 12 heteroatoms. The maximum Gasteiger partial charge on any atom is 0.264 e. The van der Waals surface area contributed by atoms with Crippen LogP contribution in [-0.2, 0) is 39.4 Å². The second-order valence-corrected chi connectivity index (χ2v) is 22.7. The number of aliphatic hydroxyl groups excluding tert-OH is 1. The summed E-state index contributed by atoms with van der Waals surface area (Å²) in [5.41, 5.74) is 5.90. The van der Waals surface area contributed by atoms with E-state index in [4.69, 9.17) is 9.47 Å². The van der Waals surface area contributed by atoms with Gasteiger partial charge in [-0.3, -0.25) is 19.2 Å². The highest BCUT2D eigenvalue weighted by atomic mass is 79.9. The van der Waals surface area contributed by atoms with E-state index in [0.717, 1.165) is 56.0 Å². The smallest absolute Gasteiger partial charge is 0.264 e. The second-order valence-electron chi connectivity index (χ2n) is 17.1. The molecule has 0 bridgehead atoms. The van der Waals surface area contributed by atoms with Crippen LogP contribution >= 0.6 is 15.9 Å². The van der Waals surface area contributed by atoms with Gasteiger partial charge in [-0.1, -0.05) is 119 Å². The zero-order valence-corrected chi connectivity index (χ0v) is 37.5. The number of amides is 2. The van der Waals surface area contributed by atoms with E-state index < -0.39 is 13.7 Å². The van der Waals surface area contributed by atoms with Crippen LogP contribution in [0.4, 0.5) is 17.1 Å². The topological polar surface area (TPSA) is 110 Å². The van der Waals surface area contributed by atoms with Crippen molar-refractivity contribution in [3.05, 3.63) is 160 Å². The van der Waals surface area contributed by atoms with Gasteiger partial charge in [0.15, 0.2) is 5.60 Å². The van der Waals surface area contributed by atoms with E-state index in [0.29, 0.717) is 31.6 Å². The highest BCUT2D eigenvalue weighted by Gasteiger charge is 2.66. The number of aromatic nitrogens is 3. The first kappa shape index (κ1) is 41.0. The average Bonchev–Trinajstić information content (AvgIpc) is 3.93. The monoisotopic (exact) mass is 895 g/mol. The molecule has 5 aromatic carbocycles. The number of anilines is 3. The predicted octanol–water partition coefficient (Wildman–Crippen LogP) is 8.64. The fraction of sp³-hybridized carbons (Fsp3) is 0.306. The SMILES string of the molecule is COc1ccc([Si](C)(C)[C@@H]2[C@@H](CCn3cc(C(CO)c4ccccc4)nn3)O[C@]3(C(=O)N(Cc4cccc(N5C(=O)CCc6ccccc65)c4)c4ccc(Br)cc43)[C@H]2C)cc1. The summed E-state index contributed by atoms with van der Waals surface area (Å²) in [5.74, 6) is 0.298. The third-order valence-corrected chi connectivity index (χ3v) is 18.2. The van der Waals surface area contributed by atoms with Crippen LogP contribution in [0, 0.1) is 5.92 Å². The summed E-state index contributed by atoms with van der Waals surface area (Å²) < 4.78 is 15.7. The molecule has 6 aromatic rings. The molecule has 0 aliphatic carbocycles. The highest BCUT2D eigenvalue weighted by Crippen LogP contribution is 2.60. The first-order valence-corrected chi connectivity index (χ1v) is 24.9.